The number of likely N-dealkylation sites (N-methyl/N-ethyl adjacent to an activating group) is 1. The zero-order chi connectivity index (χ0) is 25.4. The van der Waals surface area contributed by atoms with Crippen molar-refractivity contribution in [1.82, 2.24) is 9.88 Å². The molecule has 0 aliphatic rings. The predicted molar refractivity (Wildman–Crippen MR) is 132 cm³/mol. The lowest BCUT2D eigenvalue weighted by atomic mass is 10.1. The highest BCUT2D eigenvalue weighted by molar-refractivity contribution is 5.89. The molecule has 2 amide bonds. The van der Waals surface area contributed by atoms with E-state index in [1.807, 2.05) is 24.3 Å². The molecule has 1 aromatic heterocycles. The predicted octanol–water partition coefficient (Wildman–Crippen LogP) is 3.90. The number of benzene rings is 2. The normalized spacial score (nSPS) is 12.4. The molecule has 0 radical (unpaired) electrons. The summed E-state index contributed by atoms with van der Waals surface area (Å²) in [7, 11) is 1.45. The Morgan fingerprint density at radius 2 is 1.86 bits per heavy atom. The Morgan fingerprint density at radius 1 is 1.14 bits per heavy atom. The van der Waals surface area contributed by atoms with Crippen molar-refractivity contribution in [3.05, 3.63) is 71.9 Å². The number of amides is 2. The maximum atomic E-state index is 13.9. The first-order chi connectivity index (χ1) is 16.8. The number of fused-ring (bicyclic) bond motifs is 1. The summed E-state index contributed by atoms with van der Waals surface area (Å²) in [6.07, 6.45) is -0.565. The van der Waals surface area contributed by atoms with E-state index < -0.39 is 42.4 Å². The quantitative estimate of drug-likeness (QED) is 0.387. The van der Waals surface area contributed by atoms with Gasteiger partial charge in [-0.2, -0.15) is 0 Å². The minimum atomic E-state index is -1.15. The van der Waals surface area contributed by atoms with Gasteiger partial charge < -0.3 is 19.8 Å². The third-order valence-corrected chi connectivity index (χ3v) is 5.60. The fraction of sp³-hybridized carbons (Fsp3) is 0.346. The lowest BCUT2D eigenvalue weighted by Crippen LogP contribution is -2.43. The van der Waals surface area contributed by atoms with Crippen LogP contribution in [-0.4, -0.2) is 64.5 Å². The minimum Gasteiger partial charge on any atom is -0.447 e. The number of anilines is 1. The average Bonchev–Trinajstić information content (AvgIpc) is 2.86. The summed E-state index contributed by atoms with van der Waals surface area (Å²) in [6, 6.07) is 12.2. The van der Waals surface area contributed by atoms with E-state index in [0.29, 0.717) is 0 Å². The molecule has 0 unspecified atom stereocenters. The first kappa shape index (κ1) is 28.6. The zero-order valence-electron chi connectivity index (χ0n) is 19.2. The molecule has 194 valence electrons. The van der Waals surface area contributed by atoms with E-state index in [9.17, 15) is 28.6 Å². The van der Waals surface area contributed by atoms with Crippen molar-refractivity contribution < 1.29 is 33.3 Å². The first-order valence-corrected chi connectivity index (χ1v) is 11.0. The monoisotopic (exact) mass is 503 g/mol. The summed E-state index contributed by atoms with van der Waals surface area (Å²) in [5, 5.41) is 23.4. The maximum Gasteiger partial charge on any atom is 0.412 e. The SMILES string of the molecule is C.CN(C(=O)CCc1cccc(F)c1F)[C@H](COC(=O)Nc1cc2ccccc2cn1)C[C@@H](O)CO. The average molecular weight is 504 g/mol. The van der Waals surface area contributed by atoms with Crippen LogP contribution in [0, 0.1) is 11.6 Å². The van der Waals surface area contributed by atoms with Crippen molar-refractivity contribution in [3.8, 4) is 0 Å². The van der Waals surface area contributed by atoms with Crippen molar-refractivity contribution in [3.63, 3.8) is 0 Å². The molecular formula is C26H31F2N3O5. The molecule has 0 saturated heterocycles. The Bertz CT molecular complexity index is 1180. The number of ether oxygens (including phenoxy) is 1. The van der Waals surface area contributed by atoms with E-state index >= 15 is 0 Å². The number of nitrogens with one attached hydrogen (secondary N) is 1. The van der Waals surface area contributed by atoms with Crippen LogP contribution < -0.4 is 5.32 Å². The summed E-state index contributed by atoms with van der Waals surface area (Å²) in [5.74, 6) is -2.14. The first-order valence-electron chi connectivity index (χ1n) is 11.0. The molecule has 3 aromatic rings. The van der Waals surface area contributed by atoms with Crippen LogP contribution in [0.5, 0.6) is 0 Å². The maximum absolute atomic E-state index is 13.9. The van der Waals surface area contributed by atoms with Gasteiger partial charge in [0.25, 0.3) is 0 Å². The van der Waals surface area contributed by atoms with Gasteiger partial charge >= 0.3 is 6.09 Å². The fourth-order valence-electron chi connectivity index (χ4n) is 3.55. The highest BCUT2D eigenvalue weighted by Crippen LogP contribution is 2.17. The number of aliphatic hydroxyl groups excluding tert-OH is 2. The van der Waals surface area contributed by atoms with Crippen molar-refractivity contribution in [2.45, 2.75) is 38.8 Å². The molecule has 10 heteroatoms. The molecule has 0 spiro atoms. The van der Waals surface area contributed by atoms with Gasteiger partial charge in [-0.05, 0) is 35.9 Å². The molecule has 3 N–H and O–H groups in total. The molecule has 36 heavy (non-hydrogen) atoms. The second-order valence-electron chi connectivity index (χ2n) is 8.08. The van der Waals surface area contributed by atoms with Gasteiger partial charge in [0.05, 0.1) is 18.8 Å². The molecule has 2 aromatic carbocycles. The number of halogens is 2. The minimum absolute atomic E-state index is 0. The smallest absolute Gasteiger partial charge is 0.412 e. The number of hydrogen-bond acceptors (Lipinski definition) is 6. The highest BCUT2D eigenvalue weighted by Gasteiger charge is 2.25. The molecule has 0 fully saturated rings. The molecule has 0 saturated carbocycles. The molecule has 2 atom stereocenters. The largest absolute Gasteiger partial charge is 0.447 e. The van der Waals surface area contributed by atoms with Crippen molar-refractivity contribution >= 4 is 28.6 Å². The number of rotatable bonds is 10. The van der Waals surface area contributed by atoms with E-state index in [-0.39, 0.29) is 44.7 Å². The van der Waals surface area contributed by atoms with E-state index in [1.54, 1.807) is 12.3 Å². The molecule has 0 aliphatic heterocycles. The van der Waals surface area contributed by atoms with Gasteiger partial charge in [-0.3, -0.25) is 10.1 Å². The van der Waals surface area contributed by atoms with Crippen molar-refractivity contribution in [1.29, 1.82) is 0 Å². The Kier molecular flexibility index (Phi) is 10.7. The van der Waals surface area contributed by atoms with Crippen LogP contribution in [0.25, 0.3) is 10.8 Å². The van der Waals surface area contributed by atoms with Crippen molar-refractivity contribution in [2.75, 3.05) is 25.6 Å². The molecule has 3 rings (SSSR count). The third kappa shape index (κ3) is 7.69. The second kappa shape index (κ2) is 13.5. The lowest BCUT2D eigenvalue weighted by Gasteiger charge is -2.29. The van der Waals surface area contributed by atoms with E-state index in [1.165, 1.54) is 24.1 Å². The van der Waals surface area contributed by atoms with Gasteiger partial charge in [-0.15, -0.1) is 0 Å². The number of hydrogen-bond donors (Lipinski definition) is 3. The summed E-state index contributed by atoms with van der Waals surface area (Å²) in [6.45, 7) is -0.812. The number of carbonyl (C=O) groups excluding carboxylic acids is 2. The molecule has 1 heterocycles. The second-order valence-corrected chi connectivity index (χ2v) is 8.08. The number of aryl methyl sites for hydroxylation is 1. The van der Waals surface area contributed by atoms with E-state index in [4.69, 9.17) is 4.74 Å². The molecule has 0 aliphatic carbocycles. The Balaban J connectivity index is 0.00000456. The number of nitrogens with zero attached hydrogens (tertiary/aromatic N) is 2. The van der Waals surface area contributed by atoms with Gasteiger partial charge in [-0.1, -0.05) is 43.8 Å². The van der Waals surface area contributed by atoms with Crippen LogP contribution in [0.4, 0.5) is 19.4 Å². The number of aromatic nitrogens is 1. The molecule has 0 bridgehead atoms. The van der Waals surface area contributed by atoms with Crippen molar-refractivity contribution in [2.24, 2.45) is 0 Å². The van der Waals surface area contributed by atoms with E-state index in [2.05, 4.69) is 10.3 Å². The highest BCUT2D eigenvalue weighted by atomic mass is 19.2. The van der Waals surface area contributed by atoms with Crippen LogP contribution in [-0.2, 0) is 16.0 Å². The number of pyridine rings is 1. The number of carbonyl (C=O) groups is 2. The fourth-order valence-corrected chi connectivity index (χ4v) is 3.55. The van der Waals surface area contributed by atoms with Gasteiger partial charge in [0.1, 0.15) is 12.4 Å². The Labute approximate surface area is 208 Å². The van der Waals surface area contributed by atoms with E-state index in [0.717, 1.165) is 16.8 Å². The number of aliphatic hydroxyl groups is 2. The van der Waals surface area contributed by atoms with Gasteiger partial charge in [0.2, 0.25) is 5.91 Å². The van der Waals surface area contributed by atoms with Crippen LogP contribution in [0.1, 0.15) is 25.8 Å². The van der Waals surface area contributed by atoms with Gasteiger partial charge in [0, 0.05) is 25.1 Å². The van der Waals surface area contributed by atoms with Crippen LogP contribution in [0.15, 0.2) is 54.7 Å². The molecule has 8 nitrogen and oxygen atoms in total. The van der Waals surface area contributed by atoms with Gasteiger partial charge in [-0.25, -0.2) is 18.6 Å². The standard InChI is InChI=1S/C25H27F2N3O5.CH4/c1-30(23(33)10-9-16-7-4-8-21(26)24(16)27)19(12-20(32)14-31)15-35-25(34)29-22-11-17-5-2-3-6-18(17)13-28-22;/h2-8,11,13,19-20,31-32H,9-10,12,14-15H2,1H3,(H,28,29,34);1H4/t19-,20+;/m0./s1. The molecular weight excluding hydrogens is 472 g/mol. The summed E-state index contributed by atoms with van der Waals surface area (Å²) in [4.78, 5) is 30.4. The Morgan fingerprint density at radius 3 is 2.58 bits per heavy atom. The topological polar surface area (TPSA) is 112 Å². The summed E-state index contributed by atoms with van der Waals surface area (Å²) in [5.41, 5.74) is 0.0669. The van der Waals surface area contributed by atoms with Crippen LogP contribution >= 0.6 is 0 Å². The van der Waals surface area contributed by atoms with Gasteiger partial charge in [0.15, 0.2) is 11.6 Å². The zero-order valence-corrected chi connectivity index (χ0v) is 19.2. The summed E-state index contributed by atoms with van der Waals surface area (Å²) < 4.78 is 32.5. The lowest BCUT2D eigenvalue weighted by molar-refractivity contribution is -0.133. The Hall–Kier alpha value is -3.63. The summed E-state index contributed by atoms with van der Waals surface area (Å²) >= 11 is 0. The van der Waals surface area contributed by atoms with Crippen LogP contribution in [0.3, 0.4) is 0 Å². The van der Waals surface area contributed by atoms with Crippen LogP contribution in [0.2, 0.25) is 0 Å². The third-order valence-electron chi connectivity index (χ3n) is 5.60.